The summed E-state index contributed by atoms with van der Waals surface area (Å²) in [5, 5.41) is 18.4. The third-order valence-electron chi connectivity index (χ3n) is 6.06. The minimum Gasteiger partial charge on any atom is -0.507 e. The van der Waals surface area contributed by atoms with Crippen LogP contribution in [-0.4, -0.2) is 26.1 Å². The molecule has 1 atom stereocenters. The fourth-order valence-electron chi connectivity index (χ4n) is 4.30. The molecule has 3 aromatic carbocycles. The Kier molecular flexibility index (Phi) is 5.17. The Morgan fingerprint density at radius 3 is 2.48 bits per heavy atom. The SMILES string of the molecule is Cc1ccc(CN2C(=O)c3[nH]nc(-c4cc(Cl)c(C)cc4O)c3C2c2ccc(F)cc2)cc1. The van der Waals surface area contributed by atoms with Crippen LogP contribution >= 0.6 is 11.6 Å². The third-order valence-corrected chi connectivity index (χ3v) is 6.46. The summed E-state index contributed by atoms with van der Waals surface area (Å²) >= 11 is 6.33. The average molecular weight is 462 g/mol. The number of nitrogens with zero attached hydrogens (tertiary/aromatic N) is 2. The molecule has 0 saturated carbocycles. The smallest absolute Gasteiger partial charge is 0.273 e. The van der Waals surface area contributed by atoms with Crippen molar-refractivity contribution in [3.8, 4) is 17.0 Å². The van der Waals surface area contributed by atoms with Gasteiger partial charge in [0.15, 0.2) is 0 Å². The van der Waals surface area contributed by atoms with E-state index < -0.39 is 6.04 Å². The fourth-order valence-corrected chi connectivity index (χ4v) is 4.47. The molecule has 2 N–H and O–H groups in total. The van der Waals surface area contributed by atoms with Crippen LogP contribution in [0.1, 0.15) is 44.3 Å². The first-order chi connectivity index (χ1) is 15.8. The fraction of sp³-hybridized carbons (Fsp3) is 0.154. The zero-order valence-corrected chi connectivity index (χ0v) is 18.8. The highest BCUT2D eigenvalue weighted by molar-refractivity contribution is 6.31. The van der Waals surface area contributed by atoms with Gasteiger partial charge in [-0.3, -0.25) is 9.89 Å². The number of hydrogen-bond donors (Lipinski definition) is 2. The molecular weight excluding hydrogens is 441 g/mol. The van der Waals surface area contributed by atoms with Crippen LogP contribution in [0, 0.1) is 19.7 Å². The van der Waals surface area contributed by atoms with Gasteiger partial charge in [-0.1, -0.05) is 53.6 Å². The van der Waals surface area contributed by atoms with Gasteiger partial charge in [0, 0.05) is 22.7 Å². The van der Waals surface area contributed by atoms with Gasteiger partial charge < -0.3 is 10.0 Å². The summed E-state index contributed by atoms with van der Waals surface area (Å²) in [5.41, 5.74) is 5.44. The summed E-state index contributed by atoms with van der Waals surface area (Å²) in [4.78, 5) is 15.2. The molecule has 1 aliphatic heterocycles. The zero-order chi connectivity index (χ0) is 23.3. The van der Waals surface area contributed by atoms with Crippen LogP contribution in [0.3, 0.4) is 0 Å². The number of phenols is 1. The average Bonchev–Trinajstić information content (AvgIpc) is 3.32. The topological polar surface area (TPSA) is 69.2 Å². The van der Waals surface area contributed by atoms with Crippen LogP contribution in [0.4, 0.5) is 4.39 Å². The lowest BCUT2D eigenvalue weighted by Gasteiger charge is -2.26. The predicted octanol–water partition coefficient (Wildman–Crippen LogP) is 5.94. The summed E-state index contributed by atoms with van der Waals surface area (Å²) in [5.74, 6) is -0.548. The van der Waals surface area contributed by atoms with Crippen LogP contribution in [0.5, 0.6) is 5.75 Å². The highest BCUT2D eigenvalue weighted by Crippen LogP contribution is 2.45. The molecular formula is C26H21ClFN3O2. The molecule has 1 unspecified atom stereocenters. The van der Waals surface area contributed by atoms with Crippen LogP contribution in [-0.2, 0) is 6.54 Å². The number of nitrogens with one attached hydrogen (secondary N) is 1. The minimum absolute atomic E-state index is 0.0217. The Morgan fingerprint density at radius 2 is 1.79 bits per heavy atom. The number of rotatable bonds is 4. The van der Waals surface area contributed by atoms with Crippen molar-refractivity contribution in [2.24, 2.45) is 0 Å². The maximum Gasteiger partial charge on any atom is 0.273 e. The molecule has 0 spiro atoms. The van der Waals surface area contributed by atoms with E-state index in [4.69, 9.17) is 11.6 Å². The predicted molar refractivity (Wildman–Crippen MR) is 125 cm³/mol. The molecule has 0 radical (unpaired) electrons. The van der Waals surface area contributed by atoms with Gasteiger partial charge in [-0.15, -0.1) is 0 Å². The number of aryl methyl sites for hydroxylation is 2. The number of carbonyl (C=O) groups excluding carboxylic acids is 1. The van der Waals surface area contributed by atoms with Gasteiger partial charge in [0.1, 0.15) is 23.0 Å². The van der Waals surface area contributed by atoms with Gasteiger partial charge in [-0.25, -0.2) is 4.39 Å². The number of carbonyl (C=O) groups is 1. The highest BCUT2D eigenvalue weighted by Gasteiger charge is 2.42. The van der Waals surface area contributed by atoms with Crippen molar-refractivity contribution in [2.45, 2.75) is 26.4 Å². The number of phenolic OH excluding ortho intramolecular Hbond substituents is 1. The molecule has 7 heteroatoms. The molecule has 166 valence electrons. The monoisotopic (exact) mass is 461 g/mol. The van der Waals surface area contributed by atoms with Gasteiger partial charge in [-0.05, 0) is 54.8 Å². The number of aromatic nitrogens is 2. The number of aromatic amines is 1. The van der Waals surface area contributed by atoms with E-state index >= 15 is 0 Å². The normalized spacial score (nSPS) is 15.2. The van der Waals surface area contributed by atoms with Crippen LogP contribution in [0.15, 0.2) is 60.7 Å². The Labute approximate surface area is 195 Å². The van der Waals surface area contributed by atoms with E-state index in [1.807, 2.05) is 31.2 Å². The molecule has 1 aliphatic rings. The number of fused-ring (bicyclic) bond motifs is 1. The molecule has 0 fully saturated rings. The summed E-state index contributed by atoms with van der Waals surface area (Å²) in [6.45, 7) is 4.17. The standard InChI is InChI=1S/C26H21ClFN3O2/c1-14-3-5-16(6-4-14)13-31-25(17-7-9-18(28)10-8-17)22-23(29-30-24(22)26(31)33)19-12-20(27)15(2)11-21(19)32/h3-12,25,32H,13H2,1-2H3,(H,29,30). The van der Waals surface area contributed by atoms with Gasteiger partial charge >= 0.3 is 0 Å². The van der Waals surface area contributed by atoms with E-state index in [0.29, 0.717) is 34.1 Å². The third kappa shape index (κ3) is 3.66. The number of hydrogen-bond acceptors (Lipinski definition) is 3. The van der Waals surface area contributed by atoms with Crippen molar-refractivity contribution < 1.29 is 14.3 Å². The molecule has 5 rings (SSSR count). The van der Waals surface area contributed by atoms with Crippen molar-refractivity contribution in [1.29, 1.82) is 0 Å². The number of H-pyrrole nitrogens is 1. The first-order valence-corrected chi connectivity index (χ1v) is 10.9. The second-order valence-corrected chi connectivity index (χ2v) is 8.76. The number of amides is 1. The molecule has 1 aromatic heterocycles. The van der Waals surface area contributed by atoms with Crippen molar-refractivity contribution in [2.75, 3.05) is 0 Å². The molecule has 5 nitrogen and oxygen atoms in total. The Hall–Kier alpha value is -3.64. The quantitative estimate of drug-likeness (QED) is 0.395. The lowest BCUT2D eigenvalue weighted by Crippen LogP contribution is -2.29. The molecule has 0 aliphatic carbocycles. The lowest BCUT2D eigenvalue weighted by atomic mass is 9.95. The van der Waals surface area contributed by atoms with Crippen LogP contribution in [0.25, 0.3) is 11.3 Å². The molecule has 4 aromatic rings. The molecule has 2 heterocycles. The maximum atomic E-state index is 13.7. The minimum atomic E-state index is -0.511. The summed E-state index contributed by atoms with van der Waals surface area (Å²) in [7, 11) is 0. The number of aromatic hydroxyl groups is 1. The maximum absolute atomic E-state index is 13.7. The molecule has 0 saturated heterocycles. The highest BCUT2D eigenvalue weighted by atomic mass is 35.5. The second-order valence-electron chi connectivity index (χ2n) is 8.35. The van der Waals surface area contributed by atoms with E-state index in [9.17, 15) is 14.3 Å². The Balaban J connectivity index is 1.66. The van der Waals surface area contributed by atoms with Gasteiger partial charge in [-0.2, -0.15) is 5.10 Å². The molecule has 0 bridgehead atoms. The summed E-state index contributed by atoms with van der Waals surface area (Å²) in [6.07, 6.45) is 0. The van der Waals surface area contributed by atoms with Gasteiger partial charge in [0.25, 0.3) is 5.91 Å². The second kappa shape index (κ2) is 8.05. The number of halogens is 2. The van der Waals surface area contributed by atoms with Crippen molar-refractivity contribution in [1.82, 2.24) is 15.1 Å². The Bertz CT molecular complexity index is 1360. The first kappa shape index (κ1) is 21.2. The first-order valence-electron chi connectivity index (χ1n) is 10.5. The number of benzene rings is 3. The summed E-state index contributed by atoms with van der Waals surface area (Å²) in [6, 6.07) is 16.8. The summed E-state index contributed by atoms with van der Waals surface area (Å²) < 4.78 is 13.7. The molecule has 33 heavy (non-hydrogen) atoms. The lowest BCUT2D eigenvalue weighted by molar-refractivity contribution is 0.0730. The van der Waals surface area contributed by atoms with Crippen molar-refractivity contribution >= 4 is 17.5 Å². The largest absolute Gasteiger partial charge is 0.507 e. The van der Waals surface area contributed by atoms with Gasteiger partial charge in [0.2, 0.25) is 0 Å². The van der Waals surface area contributed by atoms with E-state index in [-0.39, 0.29) is 17.5 Å². The van der Waals surface area contributed by atoms with Crippen LogP contribution < -0.4 is 0 Å². The van der Waals surface area contributed by atoms with E-state index in [2.05, 4.69) is 10.2 Å². The van der Waals surface area contributed by atoms with Crippen molar-refractivity contribution in [3.63, 3.8) is 0 Å². The van der Waals surface area contributed by atoms with Crippen molar-refractivity contribution in [3.05, 3.63) is 105 Å². The van der Waals surface area contributed by atoms with Gasteiger partial charge in [0.05, 0.1) is 6.04 Å². The zero-order valence-electron chi connectivity index (χ0n) is 18.1. The molecule has 1 amide bonds. The van der Waals surface area contributed by atoms with E-state index in [1.165, 1.54) is 12.1 Å². The van der Waals surface area contributed by atoms with E-state index in [0.717, 1.165) is 22.3 Å². The Morgan fingerprint density at radius 1 is 1.09 bits per heavy atom. The van der Waals surface area contributed by atoms with Crippen LogP contribution in [0.2, 0.25) is 5.02 Å². The van der Waals surface area contributed by atoms with E-state index in [1.54, 1.807) is 36.1 Å².